The van der Waals surface area contributed by atoms with Gasteiger partial charge in [-0.2, -0.15) is 0 Å². The lowest BCUT2D eigenvalue weighted by Crippen LogP contribution is -2.27. The maximum absolute atomic E-state index is 11.5. The number of anilines is 2. The van der Waals surface area contributed by atoms with Crippen molar-refractivity contribution in [1.29, 1.82) is 0 Å². The Hall–Kier alpha value is -1.71. The van der Waals surface area contributed by atoms with Crippen LogP contribution >= 0.6 is 0 Å². The SMILES string of the molecule is Cc1ccc(NC(=O)OC(C)(C)C)c(N)c1. The summed E-state index contributed by atoms with van der Waals surface area (Å²) in [5.41, 5.74) is 7.40. The van der Waals surface area contributed by atoms with Gasteiger partial charge >= 0.3 is 6.09 Å². The van der Waals surface area contributed by atoms with Crippen LogP contribution in [0.3, 0.4) is 0 Å². The van der Waals surface area contributed by atoms with E-state index in [9.17, 15) is 4.79 Å². The second-order valence-electron chi connectivity index (χ2n) is 4.72. The second kappa shape index (κ2) is 4.43. The van der Waals surface area contributed by atoms with Crippen LogP contribution in [-0.2, 0) is 4.74 Å². The fourth-order valence-electron chi connectivity index (χ4n) is 1.21. The van der Waals surface area contributed by atoms with Crippen molar-refractivity contribution >= 4 is 17.5 Å². The fourth-order valence-corrected chi connectivity index (χ4v) is 1.21. The number of nitrogens with one attached hydrogen (secondary N) is 1. The van der Waals surface area contributed by atoms with E-state index in [0.717, 1.165) is 5.56 Å². The molecular weight excluding hydrogens is 204 g/mol. The van der Waals surface area contributed by atoms with Gasteiger partial charge in [0.2, 0.25) is 0 Å². The fraction of sp³-hybridized carbons (Fsp3) is 0.417. The van der Waals surface area contributed by atoms with E-state index in [0.29, 0.717) is 11.4 Å². The van der Waals surface area contributed by atoms with Gasteiger partial charge in [0.15, 0.2) is 0 Å². The number of hydrogen-bond acceptors (Lipinski definition) is 3. The zero-order chi connectivity index (χ0) is 12.3. The average Bonchev–Trinajstić information content (AvgIpc) is 2.06. The largest absolute Gasteiger partial charge is 0.444 e. The Bertz CT molecular complexity index is 394. The predicted octanol–water partition coefficient (Wildman–Crippen LogP) is 2.92. The lowest BCUT2D eigenvalue weighted by Gasteiger charge is -2.20. The number of aryl methyl sites for hydroxylation is 1. The van der Waals surface area contributed by atoms with Crippen LogP contribution in [0.15, 0.2) is 18.2 Å². The Balaban J connectivity index is 2.70. The van der Waals surface area contributed by atoms with Crippen LogP contribution in [0.1, 0.15) is 26.3 Å². The molecule has 1 rings (SSSR count). The summed E-state index contributed by atoms with van der Waals surface area (Å²) in [6, 6.07) is 5.43. The van der Waals surface area contributed by atoms with Gasteiger partial charge in [0, 0.05) is 0 Å². The monoisotopic (exact) mass is 222 g/mol. The third-order valence-corrected chi connectivity index (χ3v) is 1.84. The Morgan fingerprint density at radius 1 is 1.38 bits per heavy atom. The number of carbonyl (C=O) groups is 1. The molecule has 0 bridgehead atoms. The standard InChI is InChI=1S/C12H18N2O2/c1-8-5-6-10(9(13)7-8)14-11(15)16-12(2,3)4/h5-7H,13H2,1-4H3,(H,14,15). The number of hydrogen-bond donors (Lipinski definition) is 2. The smallest absolute Gasteiger partial charge is 0.412 e. The number of nitrogen functional groups attached to an aromatic ring is 1. The number of ether oxygens (including phenoxy) is 1. The first-order valence-corrected chi connectivity index (χ1v) is 5.14. The molecule has 88 valence electrons. The molecule has 0 saturated heterocycles. The number of carbonyl (C=O) groups excluding carboxylic acids is 1. The maximum Gasteiger partial charge on any atom is 0.412 e. The van der Waals surface area contributed by atoms with Crippen molar-refractivity contribution in [2.75, 3.05) is 11.1 Å². The summed E-state index contributed by atoms with van der Waals surface area (Å²) in [4.78, 5) is 11.5. The Morgan fingerprint density at radius 2 is 2.00 bits per heavy atom. The van der Waals surface area contributed by atoms with Crippen molar-refractivity contribution in [3.63, 3.8) is 0 Å². The van der Waals surface area contributed by atoms with E-state index in [1.807, 2.05) is 33.8 Å². The molecule has 16 heavy (non-hydrogen) atoms. The van der Waals surface area contributed by atoms with Gasteiger partial charge in [-0.15, -0.1) is 0 Å². The molecule has 0 atom stereocenters. The highest BCUT2D eigenvalue weighted by Crippen LogP contribution is 2.20. The van der Waals surface area contributed by atoms with Crippen LogP contribution in [0, 0.1) is 6.92 Å². The Labute approximate surface area is 95.8 Å². The van der Waals surface area contributed by atoms with E-state index in [1.165, 1.54) is 0 Å². The lowest BCUT2D eigenvalue weighted by molar-refractivity contribution is 0.0636. The van der Waals surface area contributed by atoms with Crippen molar-refractivity contribution in [3.05, 3.63) is 23.8 Å². The van der Waals surface area contributed by atoms with E-state index in [1.54, 1.807) is 12.1 Å². The quantitative estimate of drug-likeness (QED) is 0.718. The van der Waals surface area contributed by atoms with Crippen molar-refractivity contribution in [3.8, 4) is 0 Å². The van der Waals surface area contributed by atoms with Crippen LogP contribution in [0.4, 0.5) is 16.2 Å². The molecule has 1 aromatic carbocycles. The molecule has 0 aliphatic carbocycles. The summed E-state index contributed by atoms with van der Waals surface area (Å²) >= 11 is 0. The predicted molar refractivity (Wildman–Crippen MR) is 65.4 cm³/mol. The third-order valence-electron chi connectivity index (χ3n) is 1.84. The highest BCUT2D eigenvalue weighted by atomic mass is 16.6. The van der Waals surface area contributed by atoms with Crippen molar-refractivity contribution in [2.24, 2.45) is 0 Å². The van der Waals surface area contributed by atoms with Crippen molar-refractivity contribution in [2.45, 2.75) is 33.3 Å². The molecule has 0 radical (unpaired) electrons. The van der Waals surface area contributed by atoms with Crippen LogP contribution in [0.5, 0.6) is 0 Å². The molecule has 1 amide bonds. The molecule has 0 unspecified atom stereocenters. The van der Waals surface area contributed by atoms with Gasteiger partial charge < -0.3 is 10.5 Å². The highest BCUT2D eigenvalue weighted by molar-refractivity contribution is 5.89. The number of nitrogens with two attached hydrogens (primary N) is 1. The molecule has 4 heteroatoms. The molecule has 4 nitrogen and oxygen atoms in total. The third kappa shape index (κ3) is 3.81. The van der Waals surface area contributed by atoms with Gasteiger partial charge in [-0.05, 0) is 45.4 Å². The lowest BCUT2D eigenvalue weighted by atomic mass is 10.2. The molecule has 0 spiro atoms. The molecule has 0 saturated carbocycles. The first-order valence-electron chi connectivity index (χ1n) is 5.14. The van der Waals surface area contributed by atoms with E-state index in [4.69, 9.17) is 10.5 Å². The summed E-state index contributed by atoms with van der Waals surface area (Å²) in [6.45, 7) is 7.37. The molecule has 0 heterocycles. The number of amides is 1. The first-order chi connectivity index (χ1) is 7.28. The Kier molecular flexibility index (Phi) is 3.42. The van der Waals surface area contributed by atoms with Gasteiger partial charge in [0.25, 0.3) is 0 Å². The van der Waals surface area contributed by atoms with Gasteiger partial charge in [-0.25, -0.2) is 4.79 Å². The summed E-state index contributed by atoms with van der Waals surface area (Å²) in [5, 5.41) is 2.61. The minimum Gasteiger partial charge on any atom is -0.444 e. The molecule has 1 aromatic rings. The summed E-state index contributed by atoms with van der Waals surface area (Å²) in [7, 11) is 0. The van der Waals surface area contributed by atoms with E-state index >= 15 is 0 Å². The van der Waals surface area contributed by atoms with Crippen LogP contribution in [-0.4, -0.2) is 11.7 Å². The van der Waals surface area contributed by atoms with E-state index in [2.05, 4.69) is 5.32 Å². The average molecular weight is 222 g/mol. The van der Waals surface area contributed by atoms with Crippen molar-refractivity contribution < 1.29 is 9.53 Å². The highest BCUT2D eigenvalue weighted by Gasteiger charge is 2.16. The normalized spacial score (nSPS) is 11.0. The van der Waals surface area contributed by atoms with Crippen LogP contribution in [0.2, 0.25) is 0 Å². The molecule has 0 aliphatic rings. The zero-order valence-corrected chi connectivity index (χ0v) is 10.1. The summed E-state index contributed by atoms with van der Waals surface area (Å²) in [5.74, 6) is 0. The molecular formula is C12H18N2O2. The minimum absolute atomic E-state index is 0.497. The minimum atomic E-state index is -0.510. The van der Waals surface area contributed by atoms with E-state index < -0.39 is 11.7 Å². The van der Waals surface area contributed by atoms with Gasteiger partial charge in [-0.1, -0.05) is 6.07 Å². The maximum atomic E-state index is 11.5. The van der Waals surface area contributed by atoms with Crippen LogP contribution < -0.4 is 11.1 Å². The molecule has 0 aliphatic heterocycles. The second-order valence-corrected chi connectivity index (χ2v) is 4.72. The summed E-state index contributed by atoms with van der Waals surface area (Å²) in [6.07, 6.45) is -0.497. The molecule has 0 fully saturated rings. The van der Waals surface area contributed by atoms with Crippen molar-refractivity contribution in [1.82, 2.24) is 0 Å². The van der Waals surface area contributed by atoms with Crippen LogP contribution in [0.25, 0.3) is 0 Å². The van der Waals surface area contributed by atoms with Gasteiger partial charge in [0.1, 0.15) is 5.60 Å². The van der Waals surface area contributed by atoms with E-state index in [-0.39, 0.29) is 0 Å². The summed E-state index contributed by atoms with van der Waals surface area (Å²) < 4.78 is 5.12. The zero-order valence-electron chi connectivity index (χ0n) is 10.1. The molecule has 3 N–H and O–H groups in total. The molecule has 0 aromatic heterocycles. The van der Waals surface area contributed by atoms with Gasteiger partial charge in [0.05, 0.1) is 11.4 Å². The first kappa shape index (κ1) is 12.4. The van der Waals surface area contributed by atoms with Gasteiger partial charge in [-0.3, -0.25) is 5.32 Å². The Morgan fingerprint density at radius 3 is 2.50 bits per heavy atom. The number of rotatable bonds is 1. The number of benzene rings is 1. The topological polar surface area (TPSA) is 64.3 Å².